The van der Waals surface area contributed by atoms with Crippen molar-refractivity contribution in [2.45, 2.75) is 33.9 Å². The second-order valence-electron chi connectivity index (χ2n) is 7.65. The maximum atomic E-state index is 12.8. The first-order chi connectivity index (χ1) is 14.9. The predicted octanol–water partition coefficient (Wildman–Crippen LogP) is 5.83. The smallest absolute Gasteiger partial charge is 0.244 e. The fourth-order valence-corrected chi connectivity index (χ4v) is 3.55. The van der Waals surface area contributed by atoms with Crippen molar-refractivity contribution in [2.75, 3.05) is 5.32 Å². The summed E-state index contributed by atoms with van der Waals surface area (Å²) in [6, 6.07) is 19.2. The molecule has 1 N–H and O–H groups in total. The third-order valence-electron chi connectivity index (χ3n) is 5.32. The van der Waals surface area contributed by atoms with Gasteiger partial charge in [-0.2, -0.15) is 0 Å². The van der Waals surface area contributed by atoms with Crippen LogP contribution >= 0.6 is 11.6 Å². The van der Waals surface area contributed by atoms with Gasteiger partial charge in [0.2, 0.25) is 5.91 Å². The molecule has 4 rings (SSSR count). The summed E-state index contributed by atoms with van der Waals surface area (Å²) in [6.07, 6.45) is 0. The van der Waals surface area contributed by atoms with Gasteiger partial charge in [-0.15, -0.1) is 0 Å². The number of aryl methyl sites for hydroxylation is 3. The molecule has 0 saturated heterocycles. The van der Waals surface area contributed by atoms with E-state index >= 15 is 0 Å². The van der Waals surface area contributed by atoms with Crippen LogP contribution in [-0.4, -0.2) is 15.5 Å². The van der Waals surface area contributed by atoms with Gasteiger partial charge >= 0.3 is 0 Å². The molecular formula is C25H24ClN3O2. The molecule has 0 aliphatic heterocycles. The Hall–Kier alpha value is -3.31. The zero-order valence-corrected chi connectivity index (χ0v) is 18.5. The molecule has 0 fully saturated rings. The van der Waals surface area contributed by atoms with Crippen LogP contribution in [0, 0.1) is 20.8 Å². The highest BCUT2D eigenvalue weighted by atomic mass is 35.5. The van der Waals surface area contributed by atoms with E-state index in [-0.39, 0.29) is 19.1 Å². The van der Waals surface area contributed by atoms with Gasteiger partial charge in [0, 0.05) is 10.7 Å². The van der Waals surface area contributed by atoms with Gasteiger partial charge in [-0.25, -0.2) is 4.98 Å². The fraction of sp³-hybridized carbons (Fsp3) is 0.200. The first-order valence-electron chi connectivity index (χ1n) is 10.1. The number of ether oxygens (including phenoxy) is 1. The van der Waals surface area contributed by atoms with E-state index in [1.54, 1.807) is 0 Å². The van der Waals surface area contributed by atoms with Crippen LogP contribution in [-0.2, 0) is 17.9 Å². The van der Waals surface area contributed by atoms with E-state index in [1.165, 1.54) is 5.56 Å². The average Bonchev–Trinajstić information content (AvgIpc) is 3.09. The van der Waals surface area contributed by atoms with E-state index < -0.39 is 0 Å². The maximum absolute atomic E-state index is 12.8. The largest absolute Gasteiger partial charge is 0.486 e. The Morgan fingerprint density at radius 2 is 1.81 bits per heavy atom. The molecule has 0 radical (unpaired) electrons. The van der Waals surface area contributed by atoms with Gasteiger partial charge in [0.05, 0.1) is 11.0 Å². The number of hydrogen-bond acceptors (Lipinski definition) is 3. The zero-order valence-electron chi connectivity index (χ0n) is 17.8. The molecule has 5 nitrogen and oxygen atoms in total. The first-order valence-corrected chi connectivity index (χ1v) is 10.5. The van der Waals surface area contributed by atoms with E-state index in [0.29, 0.717) is 16.6 Å². The summed E-state index contributed by atoms with van der Waals surface area (Å²) >= 11 is 6.10. The Morgan fingerprint density at radius 3 is 2.58 bits per heavy atom. The first kappa shape index (κ1) is 20.9. The highest BCUT2D eigenvalue weighted by Gasteiger charge is 2.15. The fourth-order valence-electron chi connectivity index (χ4n) is 3.43. The van der Waals surface area contributed by atoms with Gasteiger partial charge in [-0.05, 0) is 79.9 Å². The summed E-state index contributed by atoms with van der Waals surface area (Å²) < 4.78 is 7.85. The molecule has 0 bridgehead atoms. The maximum Gasteiger partial charge on any atom is 0.244 e. The highest BCUT2D eigenvalue weighted by Crippen LogP contribution is 2.23. The summed E-state index contributed by atoms with van der Waals surface area (Å²) in [5, 5.41) is 3.68. The molecular weight excluding hydrogens is 410 g/mol. The van der Waals surface area contributed by atoms with Crippen LogP contribution in [0.4, 0.5) is 5.69 Å². The number of halogens is 1. The van der Waals surface area contributed by atoms with Crippen LogP contribution < -0.4 is 10.1 Å². The number of imidazole rings is 1. The lowest BCUT2D eigenvalue weighted by molar-refractivity contribution is -0.116. The molecule has 6 heteroatoms. The van der Waals surface area contributed by atoms with E-state index in [0.717, 1.165) is 27.8 Å². The number of rotatable bonds is 6. The van der Waals surface area contributed by atoms with Crippen LogP contribution in [0.1, 0.15) is 22.5 Å². The van der Waals surface area contributed by atoms with Gasteiger partial charge in [0.15, 0.2) is 0 Å². The molecule has 1 aromatic heterocycles. The number of fused-ring (bicyclic) bond motifs is 1. The quantitative estimate of drug-likeness (QED) is 0.416. The molecule has 1 heterocycles. The summed E-state index contributed by atoms with van der Waals surface area (Å²) in [5.74, 6) is 1.28. The van der Waals surface area contributed by atoms with Gasteiger partial charge < -0.3 is 14.6 Å². The third-order valence-corrected chi connectivity index (χ3v) is 5.75. The lowest BCUT2D eigenvalue weighted by atomic mass is 10.1. The Balaban J connectivity index is 1.56. The molecule has 0 unspecified atom stereocenters. The van der Waals surface area contributed by atoms with Crippen LogP contribution in [0.25, 0.3) is 11.0 Å². The van der Waals surface area contributed by atoms with Gasteiger partial charge in [-0.3, -0.25) is 4.79 Å². The molecule has 1 amide bonds. The Morgan fingerprint density at radius 1 is 1.00 bits per heavy atom. The van der Waals surface area contributed by atoms with Crippen molar-refractivity contribution in [3.63, 3.8) is 0 Å². The average molecular weight is 434 g/mol. The molecule has 31 heavy (non-hydrogen) atoms. The summed E-state index contributed by atoms with van der Waals surface area (Å²) in [6.45, 7) is 6.40. The molecule has 0 aliphatic rings. The van der Waals surface area contributed by atoms with Crippen molar-refractivity contribution in [1.82, 2.24) is 9.55 Å². The van der Waals surface area contributed by atoms with Crippen LogP contribution in [0.3, 0.4) is 0 Å². The lowest BCUT2D eigenvalue weighted by Crippen LogP contribution is -2.21. The number of nitrogens with zero attached hydrogens (tertiary/aromatic N) is 2. The lowest BCUT2D eigenvalue weighted by Gasteiger charge is -2.12. The minimum absolute atomic E-state index is 0.116. The second-order valence-corrected chi connectivity index (χ2v) is 8.06. The minimum Gasteiger partial charge on any atom is -0.486 e. The van der Waals surface area contributed by atoms with Gasteiger partial charge in [0.25, 0.3) is 0 Å². The number of anilines is 1. The Kier molecular flexibility index (Phi) is 5.96. The van der Waals surface area contributed by atoms with Crippen LogP contribution in [0.5, 0.6) is 5.75 Å². The topological polar surface area (TPSA) is 56.2 Å². The number of nitrogens with one attached hydrogen (secondary N) is 1. The summed E-state index contributed by atoms with van der Waals surface area (Å²) in [4.78, 5) is 17.5. The monoisotopic (exact) mass is 433 g/mol. The van der Waals surface area contributed by atoms with Crippen molar-refractivity contribution < 1.29 is 9.53 Å². The normalized spacial score (nSPS) is 11.0. The van der Waals surface area contributed by atoms with Crippen LogP contribution in [0.2, 0.25) is 5.02 Å². The second kappa shape index (κ2) is 8.82. The number of benzene rings is 3. The van der Waals surface area contributed by atoms with Crippen LogP contribution in [0.15, 0.2) is 60.7 Å². The third kappa shape index (κ3) is 4.72. The molecule has 0 aliphatic carbocycles. The summed E-state index contributed by atoms with van der Waals surface area (Å²) in [5.41, 5.74) is 5.78. The van der Waals surface area contributed by atoms with E-state index in [2.05, 4.69) is 10.3 Å². The predicted molar refractivity (Wildman–Crippen MR) is 125 cm³/mol. The molecule has 0 atom stereocenters. The van der Waals surface area contributed by atoms with Crippen molar-refractivity contribution in [1.29, 1.82) is 0 Å². The molecule has 4 aromatic rings. The standard InChI is InChI=1S/C25H24ClN3O2/c1-16-8-9-19(12-17(16)2)27-25(30)14-29-23-7-5-4-6-22(23)28-24(29)15-31-20-10-11-21(26)18(3)13-20/h4-13H,14-15H2,1-3H3,(H,27,30). The Bertz CT molecular complexity index is 1260. The van der Waals surface area contributed by atoms with Gasteiger partial charge in [0.1, 0.15) is 24.7 Å². The number of para-hydroxylation sites is 2. The molecule has 3 aromatic carbocycles. The summed E-state index contributed by atoms with van der Waals surface area (Å²) in [7, 11) is 0. The van der Waals surface area contributed by atoms with Crippen molar-refractivity contribution in [2.24, 2.45) is 0 Å². The van der Waals surface area contributed by atoms with E-state index in [1.807, 2.05) is 86.0 Å². The van der Waals surface area contributed by atoms with Crippen molar-refractivity contribution in [3.05, 3.63) is 88.2 Å². The SMILES string of the molecule is Cc1ccc(NC(=O)Cn2c(COc3ccc(Cl)c(C)c3)nc3ccccc32)cc1C. The molecule has 0 spiro atoms. The number of carbonyl (C=O) groups is 1. The van der Waals surface area contributed by atoms with Crippen molar-refractivity contribution >= 4 is 34.2 Å². The Labute approximate surface area is 186 Å². The number of carbonyl (C=O) groups excluding carboxylic acids is 1. The molecule has 0 saturated carbocycles. The zero-order chi connectivity index (χ0) is 22.0. The highest BCUT2D eigenvalue weighted by molar-refractivity contribution is 6.31. The van der Waals surface area contributed by atoms with E-state index in [9.17, 15) is 4.79 Å². The molecule has 158 valence electrons. The number of aromatic nitrogens is 2. The van der Waals surface area contributed by atoms with Gasteiger partial charge in [-0.1, -0.05) is 29.8 Å². The van der Waals surface area contributed by atoms with Crippen molar-refractivity contribution in [3.8, 4) is 5.75 Å². The van der Waals surface area contributed by atoms with E-state index in [4.69, 9.17) is 16.3 Å². The number of amides is 1. The minimum atomic E-state index is -0.116. The number of hydrogen-bond donors (Lipinski definition) is 1.